The molecule has 0 N–H and O–H groups in total. The Morgan fingerprint density at radius 3 is 2.40 bits per heavy atom. The third-order valence-corrected chi connectivity index (χ3v) is 9.13. The van der Waals surface area contributed by atoms with Crippen LogP contribution in [0.25, 0.3) is 11.8 Å². The normalized spacial score (nSPS) is 14.3. The van der Waals surface area contributed by atoms with Crippen molar-refractivity contribution in [3.05, 3.63) is 149 Å². The molecular formula is C37H31BrN2O6S. The highest BCUT2D eigenvalue weighted by atomic mass is 79.9. The van der Waals surface area contributed by atoms with Gasteiger partial charge in [-0.05, 0) is 69.9 Å². The molecule has 6 rings (SSSR count). The molecule has 0 aliphatic carbocycles. The lowest BCUT2D eigenvalue weighted by Crippen LogP contribution is -2.40. The van der Waals surface area contributed by atoms with E-state index in [9.17, 15) is 9.59 Å². The van der Waals surface area contributed by atoms with Crippen LogP contribution in [0.5, 0.6) is 17.2 Å². The summed E-state index contributed by atoms with van der Waals surface area (Å²) in [6, 6.07) is 29.5. The van der Waals surface area contributed by atoms with Gasteiger partial charge in [0.1, 0.15) is 12.4 Å². The van der Waals surface area contributed by atoms with Crippen molar-refractivity contribution in [2.24, 2.45) is 4.99 Å². The first-order chi connectivity index (χ1) is 22.9. The van der Waals surface area contributed by atoms with Gasteiger partial charge in [-0.3, -0.25) is 9.36 Å². The Hall–Kier alpha value is -4.93. The number of thiazole rings is 1. The third kappa shape index (κ3) is 6.65. The van der Waals surface area contributed by atoms with Crippen LogP contribution < -0.4 is 29.1 Å². The van der Waals surface area contributed by atoms with Crippen LogP contribution >= 0.6 is 27.3 Å². The van der Waals surface area contributed by atoms with Crippen LogP contribution in [0.2, 0.25) is 0 Å². The van der Waals surface area contributed by atoms with Crippen LogP contribution in [0.3, 0.4) is 0 Å². The number of nitrogens with zero attached hydrogens (tertiary/aromatic N) is 2. The third-order valence-electron chi connectivity index (χ3n) is 7.56. The van der Waals surface area contributed by atoms with Gasteiger partial charge in [-0.25, -0.2) is 9.79 Å². The summed E-state index contributed by atoms with van der Waals surface area (Å²) in [4.78, 5) is 33.4. The Bertz CT molecular complexity index is 2140. The smallest absolute Gasteiger partial charge is 0.338 e. The highest BCUT2D eigenvalue weighted by molar-refractivity contribution is 9.10. The summed E-state index contributed by atoms with van der Waals surface area (Å²) in [5.74, 6) is 1.12. The van der Waals surface area contributed by atoms with Crippen molar-refractivity contribution in [3.63, 3.8) is 0 Å². The molecule has 4 aromatic carbocycles. The van der Waals surface area contributed by atoms with E-state index in [4.69, 9.17) is 23.9 Å². The number of carbonyl (C=O) groups excluding carboxylic acids is 1. The Kier molecular flexibility index (Phi) is 9.70. The maximum absolute atomic E-state index is 14.3. The van der Waals surface area contributed by atoms with Gasteiger partial charge in [-0.1, -0.05) is 84.1 Å². The fourth-order valence-electron chi connectivity index (χ4n) is 5.41. The summed E-state index contributed by atoms with van der Waals surface area (Å²) < 4.78 is 25.5. The second-order valence-electron chi connectivity index (χ2n) is 10.5. The minimum atomic E-state index is -0.812. The first kappa shape index (κ1) is 32.0. The fraction of sp³-hybridized carbons (Fsp3) is 0.162. The molecule has 2 heterocycles. The molecule has 10 heteroatoms. The number of hydrogen-bond donors (Lipinski definition) is 0. The molecule has 0 fully saturated rings. The predicted octanol–water partition coefficient (Wildman–Crippen LogP) is 6.29. The van der Waals surface area contributed by atoms with E-state index in [0.717, 1.165) is 16.7 Å². The molecular weight excluding hydrogens is 680 g/mol. The average molecular weight is 712 g/mol. The van der Waals surface area contributed by atoms with E-state index in [-0.39, 0.29) is 17.7 Å². The summed E-state index contributed by atoms with van der Waals surface area (Å²) >= 11 is 4.88. The molecule has 0 radical (unpaired) electrons. The SMILES string of the molecule is CCOC(=O)C1=C(c2ccccc2)N=c2s/c(=C\c3cc(Br)c(OCc4ccccc4)c(OC)c3)c(=O)n2[C@H]1c1cccc(OC)c1. The van der Waals surface area contributed by atoms with Gasteiger partial charge >= 0.3 is 5.97 Å². The van der Waals surface area contributed by atoms with Crippen molar-refractivity contribution in [3.8, 4) is 17.2 Å². The van der Waals surface area contributed by atoms with Crippen molar-refractivity contribution in [2.45, 2.75) is 19.6 Å². The molecule has 0 amide bonds. The zero-order chi connectivity index (χ0) is 32.9. The van der Waals surface area contributed by atoms with E-state index in [1.165, 1.54) is 11.3 Å². The molecule has 1 aliphatic rings. The first-order valence-electron chi connectivity index (χ1n) is 14.9. The number of methoxy groups -OCH3 is 2. The highest BCUT2D eigenvalue weighted by Gasteiger charge is 2.35. The lowest BCUT2D eigenvalue weighted by atomic mass is 9.93. The number of benzene rings is 4. The second-order valence-corrected chi connectivity index (χ2v) is 12.4. The lowest BCUT2D eigenvalue weighted by Gasteiger charge is -2.26. The lowest BCUT2D eigenvalue weighted by molar-refractivity contribution is -0.138. The average Bonchev–Trinajstić information content (AvgIpc) is 3.41. The molecule has 5 aromatic rings. The van der Waals surface area contributed by atoms with E-state index in [1.807, 2.05) is 97.1 Å². The number of esters is 1. The molecule has 0 bridgehead atoms. The monoisotopic (exact) mass is 710 g/mol. The summed E-state index contributed by atoms with van der Waals surface area (Å²) in [6.45, 7) is 2.28. The highest BCUT2D eigenvalue weighted by Crippen LogP contribution is 2.38. The van der Waals surface area contributed by atoms with Crippen LogP contribution in [0, 0.1) is 0 Å². The molecule has 1 aromatic heterocycles. The number of carbonyl (C=O) groups is 1. The van der Waals surface area contributed by atoms with Crippen molar-refractivity contribution < 1.29 is 23.7 Å². The van der Waals surface area contributed by atoms with Gasteiger partial charge in [0.15, 0.2) is 16.3 Å². The number of halogens is 1. The molecule has 1 atom stereocenters. The fourth-order valence-corrected chi connectivity index (χ4v) is 6.99. The minimum absolute atomic E-state index is 0.168. The second kappa shape index (κ2) is 14.2. The number of ether oxygens (including phenoxy) is 4. The van der Waals surface area contributed by atoms with Crippen LogP contribution in [-0.2, 0) is 16.1 Å². The quantitative estimate of drug-likeness (QED) is 0.158. The number of fused-ring (bicyclic) bond motifs is 1. The van der Waals surface area contributed by atoms with Gasteiger partial charge in [0.05, 0.1) is 47.1 Å². The van der Waals surface area contributed by atoms with Crippen LogP contribution in [0.15, 0.2) is 117 Å². The number of aromatic nitrogens is 1. The van der Waals surface area contributed by atoms with E-state index >= 15 is 0 Å². The van der Waals surface area contributed by atoms with Gasteiger partial charge in [0.2, 0.25) is 0 Å². The van der Waals surface area contributed by atoms with E-state index in [2.05, 4.69) is 15.9 Å². The Morgan fingerprint density at radius 2 is 1.70 bits per heavy atom. The molecule has 0 saturated heterocycles. The van der Waals surface area contributed by atoms with Crippen LogP contribution in [0.1, 0.15) is 35.2 Å². The molecule has 47 heavy (non-hydrogen) atoms. The van der Waals surface area contributed by atoms with E-state index in [1.54, 1.807) is 31.8 Å². The molecule has 0 saturated carbocycles. The van der Waals surface area contributed by atoms with Crippen molar-refractivity contribution in [1.82, 2.24) is 4.57 Å². The van der Waals surface area contributed by atoms with E-state index in [0.29, 0.717) is 48.9 Å². The summed E-state index contributed by atoms with van der Waals surface area (Å²) in [5.41, 5.74) is 3.60. The van der Waals surface area contributed by atoms with Crippen LogP contribution in [-0.4, -0.2) is 31.4 Å². The van der Waals surface area contributed by atoms with Crippen molar-refractivity contribution in [1.29, 1.82) is 0 Å². The van der Waals surface area contributed by atoms with Gasteiger partial charge in [0, 0.05) is 5.56 Å². The molecule has 8 nitrogen and oxygen atoms in total. The minimum Gasteiger partial charge on any atom is -0.497 e. The van der Waals surface area contributed by atoms with E-state index < -0.39 is 12.0 Å². The Morgan fingerprint density at radius 1 is 0.957 bits per heavy atom. The molecule has 1 aliphatic heterocycles. The number of hydrogen-bond acceptors (Lipinski definition) is 8. The molecule has 238 valence electrons. The molecule has 0 unspecified atom stereocenters. The standard InChI is InChI=1S/C37H31BrN2O6S/c1-4-45-36(42)31-32(25-14-9-6-10-15-25)39-37-40(33(31)26-16-11-17-27(21-26)43-2)35(41)30(47-37)20-24-18-28(38)34(29(19-24)44-3)46-22-23-12-7-5-8-13-23/h5-21,33H,4,22H2,1-3H3/b30-20-/t33-/m0/s1. The van der Waals surface area contributed by atoms with Gasteiger partial charge in [0.25, 0.3) is 5.56 Å². The van der Waals surface area contributed by atoms with Gasteiger partial charge in [-0.2, -0.15) is 0 Å². The van der Waals surface area contributed by atoms with Crippen molar-refractivity contribution in [2.75, 3.05) is 20.8 Å². The van der Waals surface area contributed by atoms with Gasteiger partial charge < -0.3 is 18.9 Å². The maximum Gasteiger partial charge on any atom is 0.338 e. The Balaban J connectivity index is 1.51. The van der Waals surface area contributed by atoms with Gasteiger partial charge in [-0.15, -0.1) is 0 Å². The summed E-state index contributed by atoms with van der Waals surface area (Å²) in [6.07, 6.45) is 1.79. The summed E-state index contributed by atoms with van der Waals surface area (Å²) in [7, 11) is 3.15. The molecule has 0 spiro atoms. The predicted molar refractivity (Wildman–Crippen MR) is 186 cm³/mol. The first-order valence-corrected chi connectivity index (χ1v) is 16.5. The zero-order valence-corrected chi connectivity index (χ0v) is 28.3. The maximum atomic E-state index is 14.3. The largest absolute Gasteiger partial charge is 0.497 e. The topological polar surface area (TPSA) is 88.4 Å². The zero-order valence-electron chi connectivity index (χ0n) is 25.9. The summed E-state index contributed by atoms with van der Waals surface area (Å²) in [5, 5.41) is 0. The Labute approximate surface area is 284 Å². The van der Waals surface area contributed by atoms with Crippen molar-refractivity contribution >= 4 is 45.0 Å². The van der Waals surface area contributed by atoms with Crippen LogP contribution in [0.4, 0.5) is 0 Å². The number of rotatable bonds is 10.